The van der Waals surface area contributed by atoms with Crippen molar-refractivity contribution in [3.8, 4) is 5.75 Å². The molecule has 1 atom stereocenters. The van der Waals surface area contributed by atoms with Crippen LogP contribution in [0.25, 0.3) is 5.52 Å². The van der Waals surface area contributed by atoms with Gasteiger partial charge in [0.1, 0.15) is 11.1 Å². The summed E-state index contributed by atoms with van der Waals surface area (Å²) >= 11 is 0. The summed E-state index contributed by atoms with van der Waals surface area (Å²) in [5.74, 6) is -0.385. The molecule has 0 amide bonds. The smallest absolute Gasteiger partial charge is 0.348 e. The first-order valence-corrected chi connectivity index (χ1v) is 14.9. The van der Waals surface area contributed by atoms with E-state index in [4.69, 9.17) is 4.52 Å². The molecule has 11 nitrogen and oxygen atoms in total. The maximum atomic E-state index is 13.9. The number of aromatic hydroxyl groups is 1. The molecule has 36 heavy (non-hydrogen) atoms. The van der Waals surface area contributed by atoms with Gasteiger partial charge in [-0.15, -0.1) is 0 Å². The molecule has 1 aliphatic rings. The molecule has 0 saturated carbocycles. The molecule has 3 aromatic rings. The molecular weight excluding hydrogens is 505 g/mol. The van der Waals surface area contributed by atoms with E-state index in [0.717, 1.165) is 6.26 Å². The van der Waals surface area contributed by atoms with Crippen LogP contribution in [0.1, 0.15) is 39.7 Å². The van der Waals surface area contributed by atoms with E-state index in [2.05, 4.69) is 35.6 Å². The first kappa shape index (κ1) is 26.0. The van der Waals surface area contributed by atoms with Gasteiger partial charge < -0.3 is 14.9 Å². The fraction of sp³-hybridized carbons (Fsp3) is 0.391. The van der Waals surface area contributed by atoms with E-state index >= 15 is 0 Å². The van der Waals surface area contributed by atoms with Crippen molar-refractivity contribution in [1.29, 1.82) is 0 Å². The van der Waals surface area contributed by atoms with Crippen LogP contribution in [0.3, 0.4) is 0 Å². The third-order valence-corrected chi connectivity index (χ3v) is 8.28. The minimum Gasteiger partial charge on any atom is -0.505 e. The predicted molar refractivity (Wildman–Crippen MR) is 141 cm³/mol. The molecule has 2 aromatic heterocycles. The van der Waals surface area contributed by atoms with Crippen LogP contribution < -0.4 is 20.9 Å². The van der Waals surface area contributed by atoms with Gasteiger partial charge in [0.05, 0.1) is 23.9 Å². The number of nitrogens with zero attached hydrogens (tertiary/aromatic N) is 3. The Morgan fingerprint density at radius 2 is 1.97 bits per heavy atom. The van der Waals surface area contributed by atoms with Crippen molar-refractivity contribution >= 4 is 45.6 Å². The Hall–Kier alpha value is -3.08. The second-order valence-corrected chi connectivity index (χ2v) is 13.5. The Bertz CT molecular complexity index is 1580. The minimum absolute atomic E-state index is 0.0428. The maximum absolute atomic E-state index is 13.9. The van der Waals surface area contributed by atoms with Crippen molar-refractivity contribution in [2.75, 3.05) is 22.9 Å². The number of anilines is 2. The average molecular weight is 536 g/mol. The number of aryl methyl sites for hydroxylation is 1. The van der Waals surface area contributed by atoms with Crippen molar-refractivity contribution in [3.63, 3.8) is 0 Å². The summed E-state index contributed by atoms with van der Waals surface area (Å²) in [4.78, 5) is 13.7. The number of benzene rings is 1. The van der Waals surface area contributed by atoms with Crippen molar-refractivity contribution < 1.29 is 22.6 Å². The van der Waals surface area contributed by atoms with Crippen LogP contribution in [0.15, 0.2) is 46.1 Å². The molecule has 0 aliphatic carbocycles. The molecule has 13 heteroatoms. The zero-order valence-corrected chi connectivity index (χ0v) is 22.5. The van der Waals surface area contributed by atoms with Gasteiger partial charge in [-0.3, -0.25) is 18.6 Å². The minimum atomic E-state index is -3.94. The Morgan fingerprint density at radius 1 is 1.25 bits per heavy atom. The SMILES string of the molecule is CCOP1(=O)N=C(c2c(O)c3cccn3n(CCC(C)(C)C)c2=O)Nc2ccc(NS(C)(=O)=O)cc21. The van der Waals surface area contributed by atoms with E-state index < -0.39 is 23.1 Å². The third-order valence-electron chi connectivity index (χ3n) is 5.62. The first-order valence-electron chi connectivity index (χ1n) is 11.4. The van der Waals surface area contributed by atoms with Gasteiger partial charge in [-0.1, -0.05) is 20.8 Å². The molecular formula is C23H30N5O6PS. The Labute approximate surface area is 209 Å². The van der Waals surface area contributed by atoms with Crippen LogP contribution >= 0.6 is 7.52 Å². The van der Waals surface area contributed by atoms with Crippen molar-refractivity contribution in [2.24, 2.45) is 10.2 Å². The fourth-order valence-electron chi connectivity index (χ4n) is 3.96. The Balaban J connectivity index is 1.89. The van der Waals surface area contributed by atoms with Crippen LogP contribution in [0.2, 0.25) is 0 Å². The van der Waals surface area contributed by atoms with Crippen molar-refractivity contribution in [2.45, 2.75) is 40.7 Å². The second kappa shape index (κ2) is 9.10. The maximum Gasteiger partial charge on any atom is 0.348 e. The summed E-state index contributed by atoms with van der Waals surface area (Å²) in [6, 6.07) is 7.79. The number of rotatable bonds is 7. The number of amidine groups is 1. The summed E-state index contributed by atoms with van der Waals surface area (Å²) < 4.78 is 52.6. The molecule has 1 unspecified atom stereocenters. The van der Waals surface area contributed by atoms with Gasteiger partial charge in [-0.05, 0) is 49.1 Å². The number of hydrogen-bond acceptors (Lipinski definition) is 7. The second-order valence-electron chi connectivity index (χ2n) is 9.82. The predicted octanol–water partition coefficient (Wildman–Crippen LogP) is 3.34. The fourth-order valence-corrected chi connectivity index (χ4v) is 6.32. The van der Waals surface area contributed by atoms with Gasteiger partial charge in [0.25, 0.3) is 5.56 Å². The highest BCUT2D eigenvalue weighted by Crippen LogP contribution is 2.52. The van der Waals surface area contributed by atoms with Crippen LogP contribution in [0.5, 0.6) is 5.75 Å². The number of sulfonamides is 1. The molecule has 0 spiro atoms. The van der Waals surface area contributed by atoms with Crippen molar-refractivity contribution in [1.82, 2.24) is 9.20 Å². The van der Waals surface area contributed by atoms with Crippen molar-refractivity contribution in [3.05, 3.63) is 52.4 Å². The van der Waals surface area contributed by atoms with Crippen LogP contribution in [0, 0.1) is 5.41 Å². The summed E-state index contributed by atoms with van der Waals surface area (Å²) in [5.41, 5.74) is 0.240. The molecule has 194 valence electrons. The van der Waals surface area contributed by atoms with Crippen LogP contribution in [0.4, 0.5) is 11.4 Å². The van der Waals surface area contributed by atoms with E-state index in [-0.39, 0.29) is 40.2 Å². The first-order chi connectivity index (χ1) is 16.7. The molecule has 0 bridgehead atoms. The van der Waals surface area contributed by atoms with E-state index in [0.29, 0.717) is 24.2 Å². The lowest BCUT2D eigenvalue weighted by molar-refractivity contribution is 0.330. The van der Waals surface area contributed by atoms with Gasteiger partial charge in [-0.2, -0.15) is 4.76 Å². The van der Waals surface area contributed by atoms with E-state index in [9.17, 15) is 22.9 Å². The molecule has 3 N–H and O–H groups in total. The van der Waals surface area contributed by atoms with E-state index in [1.54, 1.807) is 29.8 Å². The molecule has 1 aliphatic heterocycles. The average Bonchev–Trinajstić information content (AvgIpc) is 3.22. The molecule has 0 radical (unpaired) electrons. The summed E-state index contributed by atoms with van der Waals surface area (Å²) in [7, 11) is -7.51. The number of hydrogen-bond donors (Lipinski definition) is 3. The molecule has 3 heterocycles. The molecule has 0 saturated heterocycles. The highest BCUT2D eigenvalue weighted by molar-refractivity contribution is 7.92. The quantitative estimate of drug-likeness (QED) is 0.394. The zero-order chi connectivity index (χ0) is 26.5. The van der Waals surface area contributed by atoms with Gasteiger partial charge in [0.2, 0.25) is 10.0 Å². The highest BCUT2D eigenvalue weighted by atomic mass is 32.2. The zero-order valence-electron chi connectivity index (χ0n) is 20.8. The van der Waals surface area contributed by atoms with Crippen LogP contribution in [-0.4, -0.2) is 41.4 Å². The number of nitrogens with one attached hydrogen (secondary N) is 2. The summed E-state index contributed by atoms with van der Waals surface area (Å²) in [6.07, 6.45) is 3.39. The van der Waals surface area contributed by atoms with Gasteiger partial charge in [0, 0.05) is 18.4 Å². The number of fused-ring (bicyclic) bond motifs is 2. The lowest BCUT2D eigenvalue weighted by Crippen LogP contribution is -2.36. The van der Waals surface area contributed by atoms with Gasteiger partial charge in [0.15, 0.2) is 11.6 Å². The standard InChI is InChI=1S/C23H30N5O6PS/c1-6-34-35(31)18-14-15(26-36(5,32)33)9-10-16(18)24-21(25-35)19-20(29)17-8-7-12-27(17)28(22(19)30)13-11-23(2,3)4/h7-10,12,14,26,29H,6,11,13H2,1-5H3,(H,24,25,31). The topological polar surface area (TPSA) is 143 Å². The molecule has 4 rings (SSSR count). The lowest BCUT2D eigenvalue weighted by Gasteiger charge is -2.26. The Kier molecular flexibility index (Phi) is 6.57. The summed E-state index contributed by atoms with van der Waals surface area (Å²) in [5, 5.41) is 14.2. The molecule has 0 fully saturated rings. The highest BCUT2D eigenvalue weighted by Gasteiger charge is 2.36. The normalized spacial score (nSPS) is 18.0. The number of aromatic nitrogens is 2. The summed E-state index contributed by atoms with van der Waals surface area (Å²) in [6.45, 7) is 8.30. The van der Waals surface area contributed by atoms with E-state index in [1.807, 2.05) is 0 Å². The van der Waals surface area contributed by atoms with Gasteiger partial charge in [-0.25, -0.2) is 13.1 Å². The third kappa shape index (κ3) is 5.07. The van der Waals surface area contributed by atoms with E-state index in [1.165, 1.54) is 22.9 Å². The monoisotopic (exact) mass is 535 g/mol. The Morgan fingerprint density at radius 3 is 2.61 bits per heavy atom. The molecule has 1 aromatic carbocycles. The van der Waals surface area contributed by atoms with Crippen LogP contribution in [-0.2, 0) is 25.7 Å². The largest absolute Gasteiger partial charge is 0.505 e. The lowest BCUT2D eigenvalue weighted by atomic mass is 9.92. The van der Waals surface area contributed by atoms with Gasteiger partial charge >= 0.3 is 7.52 Å².